The predicted octanol–water partition coefficient (Wildman–Crippen LogP) is 1.44. The van der Waals surface area contributed by atoms with Crippen LogP contribution in [-0.2, 0) is 9.53 Å². The average molecular weight is 254 g/mol. The van der Waals surface area contributed by atoms with Gasteiger partial charge in [-0.3, -0.25) is 4.79 Å². The number of carbonyl (C=O) groups is 1. The van der Waals surface area contributed by atoms with Gasteiger partial charge in [0.25, 0.3) is 0 Å². The molecule has 0 bridgehead atoms. The van der Waals surface area contributed by atoms with Crippen LogP contribution in [0.25, 0.3) is 0 Å². The number of likely N-dealkylation sites (N-methyl/N-ethyl adjacent to an activating group) is 1. The largest absolute Gasteiger partial charge is 0.376 e. The third-order valence-electron chi connectivity index (χ3n) is 4.65. The number of hydrogen-bond donors (Lipinski definition) is 2. The Hall–Kier alpha value is -0.610. The standard InChI is InChI=1S/C14H26N2O2/c1-10(12(15)13(17)16-2)18-9-11-4-3-5-14(8-11)6-7-14/h10-12H,3-9,15H2,1-2H3,(H,16,17)/t10-,11?,12+/m1/s1. The highest BCUT2D eigenvalue weighted by molar-refractivity contribution is 5.81. The second-order valence-electron chi connectivity index (χ2n) is 6.14. The first-order valence-electron chi connectivity index (χ1n) is 7.15. The van der Waals surface area contributed by atoms with Gasteiger partial charge >= 0.3 is 0 Å². The molecule has 0 heterocycles. The monoisotopic (exact) mass is 254 g/mol. The van der Waals surface area contributed by atoms with Gasteiger partial charge in [-0.1, -0.05) is 6.42 Å². The van der Waals surface area contributed by atoms with Crippen LogP contribution in [-0.4, -0.2) is 31.7 Å². The molecular weight excluding hydrogens is 228 g/mol. The Bertz CT molecular complexity index is 302. The van der Waals surface area contributed by atoms with Crippen molar-refractivity contribution in [2.45, 2.75) is 57.6 Å². The van der Waals surface area contributed by atoms with Gasteiger partial charge in [-0.25, -0.2) is 0 Å². The third-order valence-corrected chi connectivity index (χ3v) is 4.65. The van der Waals surface area contributed by atoms with Gasteiger partial charge in [-0.05, 0) is 50.4 Å². The van der Waals surface area contributed by atoms with E-state index < -0.39 is 6.04 Å². The van der Waals surface area contributed by atoms with Gasteiger partial charge in [-0.2, -0.15) is 0 Å². The summed E-state index contributed by atoms with van der Waals surface area (Å²) in [6.07, 6.45) is 7.95. The highest BCUT2D eigenvalue weighted by Crippen LogP contribution is 2.57. The van der Waals surface area contributed by atoms with E-state index in [1.165, 1.54) is 38.5 Å². The molecule has 2 rings (SSSR count). The van der Waals surface area contributed by atoms with Crippen LogP contribution in [0.15, 0.2) is 0 Å². The molecule has 104 valence electrons. The topological polar surface area (TPSA) is 64.4 Å². The van der Waals surface area contributed by atoms with Crippen LogP contribution in [0, 0.1) is 11.3 Å². The van der Waals surface area contributed by atoms with Gasteiger partial charge in [0.05, 0.1) is 6.10 Å². The molecule has 2 aliphatic rings. The van der Waals surface area contributed by atoms with Crippen LogP contribution in [0.3, 0.4) is 0 Å². The smallest absolute Gasteiger partial charge is 0.239 e. The minimum Gasteiger partial charge on any atom is -0.376 e. The van der Waals surface area contributed by atoms with Gasteiger partial charge in [0.2, 0.25) is 5.91 Å². The zero-order chi connectivity index (χ0) is 13.2. The number of amides is 1. The van der Waals surface area contributed by atoms with E-state index in [1.54, 1.807) is 7.05 Å². The van der Waals surface area contributed by atoms with Crippen molar-refractivity contribution < 1.29 is 9.53 Å². The van der Waals surface area contributed by atoms with E-state index in [-0.39, 0.29) is 12.0 Å². The minimum atomic E-state index is -0.562. The molecule has 3 N–H and O–H groups in total. The maximum Gasteiger partial charge on any atom is 0.239 e. The summed E-state index contributed by atoms with van der Waals surface area (Å²) in [5, 5.41) is 2.56. The Morgan fingerprint density at radius 2 is 2.22 bits per heavy atom. The average Bonchev–Trinajstić information content (AvgIpc) is 3.13. The van der Waals surface area contributed by atoms with Crippen molar-refractivity contribution in [3.8, 4) is 0 Å². The molecule has 2 saturated carbocycles. The number of hydrogen-bond acceptors (Lipinski definition) is 3. The maximum atomic E-state index is 11.4. The lowest BCUT2D eigenvalue weighted by Crippen LogP contribution is -2.47. The van der Waals surface area contributed by atoms with Gasteiger partial charge in [0, 0.05) is 13.7 Å². The number of nitrogens with one attached hydrogen (secondary N) is 1. The molecule has 18 heavy (non-hydrogen) atoms. The fourth-order valence-electron chi connectivity index (χ4n) is 3.13. The Balaban J connectivity index is 1.72. The van der Waals surface area contributed by atoms with Crippen molar-refractivity contribution in [1.29, 1.82) is 0 Å². The molecule has 0 aromatic carbocycles. The van der Waals surface area contributed by atoms with Crippen molar-refractivity contribution in [2.24, 2.45) is 17.1 Å². The van der Waals surface area contributed by atoms with E-state index in [4.69, 9.17) is 10.5 Å². The van der Waals surface area contributed by atoms with Crippen LogP contribution in [0.4, 0.5) is 0 Å². The number of rotatable bonds is 5. The lowest BCUT2D eigenvalue weighted by atomic mass is 9.79. The normalized spacial score (nSPS) is 28.7. The summed E-state index contributed by atoms with van der Waals surface area (Å²) in [6, 6.07) is -0.562. The first-order chi connectivity index (χ1) is 8.56. The fourth-order valence-corrected chi connectivity index (χ4v) is 3.13. The van der Waals surface area contributed by atoms with Crippen LogP contribution >= 0.6 is 0 Å². The molecular formula is C14H26N2O2. The Morgan fingerprint density at radius 3 is 2.83 bits per heavy atom. The van der Waals surface area contributed by atoms with Crippen LogP contribution in [0.2, 0.25) is 0 Å². The van der Waals surface area contributed by atoms with Gasteiger partial charge in [0.1, 0.15) is 6.04 Å². The summed E-state index contributed by atoms with van der Waals surface area (Å²) in [5.41, 5.74) is 6.49. The Labute approximate surface area is 110 Å². The molecule has 0 aromatic heterocycles. The van der Waals surface area contributed by atoms with Crippen LogP contribution < -0.4 is 11.1 Å². The SMILES string of the molecule is CNC(=O)[C@@H](N)[C@@H](C)OCC1CCCC2(CC2)C1. The third kappa shape index (κ3) is 3.23. The summed E-state index contributed by atoms with van der Waals surface area (Å²) in [6.45, 7) is 2.64. The van der Waals surface area contributed by atoms with E-state index in [2.05, 4.69) is 5.32 Å². The van der Waals surface area contributed by atoms with Gasteiger partial charge in [0.15, 0.2) is 0 Å². The predicted molar refractivity (Wildman–Crippen MR) is 71.1 cm³/mol. The lowest BCUT2D eigenvalue weighted by molar-refractivity contribution is -0.125. The molecule has 1 amide bonds. The van der Waals surface area contributed by atoms with Crippen molar-refractivity contribution in [3.05, 3.63) is 0 Å². The first kappa shape index (κ1) is 13.8. The van der Waals surface area contributed by atoms with Crippen molar-refractivity contribution >= 4 is 5.91 Å². The lowest BCUT2D eigenvalue weighted by Gasteiger charge is -2.30. The summed E-state index contributed by atoms with van der Waals surface area (Å²) >= 11 is 0. The number of carbonyl (C=O) groups excluding carboxylic acids is 1. The molecule has 0 saturated heterocycles. The zero-order valence-electron chi connectivity index (χ0n) is 11.6. The van der Waals surface area contributed by atoms with E-state index >= 15 is 0 Å². The molecule has 0 aromatic rings. The molecule has 0 radical (unpaired) electrons. The molecule has 4 heteroatoms. The quantitative estimate of drug-likeness (QED) is 0.780. The van der Waals surface area contributed by atoms with E-state index in [9.17, 15) is 4.79 Å². The first-order valence-corrected chi connectivity index (χ1v) is 7.15. The van der Waals surface area contributed by atoms with Crippen molar-refractivity contribution in [3.63, 3.8) is 0 Å². The highest BCUT2D eigenvalue weighted by Gasteiger charge is 2.45. The van der Waals surface area contributed by atoms with E-state index in [0.717, 1.165) is 6.61 Å². The number of ether oxygens (including phenoxy) is 1. The van der Waals surface area contributed by atoms with Gasteiger partial charge in [-0.15, -0.1) is 0 Å². The molecule has 2 fully saturated rings. The van der Waals surface area contributed by atoms with E-state index in [0.29, 0.717) is 11.3 Å². The minimum absolute atomic E-state index is 0.148. The maximum absolute atomic E-state index is 11.4. The molecule has 1 spiro atoms. The Morgan fingerprint density at radius 1 is 1.50 bits per heavy atom. The summed E-state index contributed by atoms with van der Waals surface area (Å²) in [4.78, 5) is 11.4. The molecule has 0 aliphatic heterocycles. The molecule has 2 aliphatic carbocycles. The van der Waals surface area contributed by atoms with Gasteiger partial charge < -0.3 is 15.8 Å². The molecule has 3 atom stereocenters. The second-order valence-corrected chi connectivity index (χ2v) is 6.14. The van der Waals surface area contributed by atoms with Crippen molar-refractivity contribution in [1.82, 2.24) is 5.32 Å². The van der Waals surface area contributed by atoms with Crippen molar-refractivity contribution in [2.75, 3.05) is 13.7 Å². The van der Waals surface area contributed by atoms with Crippen LogP contribution in [0.5, 0.6) is 0 Å². The summed E-state index contributed by atoms with van der Waals surface area (Å²) in [7, 11) is 1.60. The fraction of sp³-hybridized carbons (Fsp3) is 0.929. The van der Waals surface area contributed by atoms with Crippen LogP contribution in [0.1, 0.15) is 45.4 Å². The summed E-state index contributed by atoms with van der Waals surface area (Å²) < 4.78 is 5.80. The molecule has 4 nitrogen and oxygen atoms in total. The molecule has 1 unspecified atom stereocenters. The Kier molecular flexibility index (Phi) is 4.28. The highest BCUT2D eigenvalue weighted by atomic mass is 16.5. The zero-order valence-corrected chi connectivity index (χ0v) is 11.6. The summed E-state index contributed by atoms with van der Waals surface area (Å²) in [5.74, 6) is 0.519. The second kappa shape index (κ2) is 5.57. The number of nitrogens with two attached hydrogens (primary N) is 1. The van der Waals surface area contributed by atoms with E-state index in [1.807, 2.05) is 6.92 Å².